The molecule has 2 aromatic rings. The van der Waals surface area contributed by atoms with Gasteiger partial charge >= 0.3 is 12.0 Å². The van der Waals surface area contributed by atoms with Crippen molar-refractivity contribution in [3.05, 3.63) is 70.9 Å². The molecule has 2 aromatic carbocycles. The van der Waals surface area contributed by atoms with Crippen LogP contribution in [-0.2, 0) is 16.0 Å². The average Bonchev–Trinajstić information content (AvgIpc) is 2.96. The van der Waals surface area contributed by atoms with Gasteiger partial charge in [-0.05, 0) is 62.6 Å². The summed E-state index contributed by atoms with van der Waals surface area (Å²) in [5.74, 6) is 1.39. The fraction of sp³-hybridized carbons (Fsp3) is 0.367. The number of methoxy groups -OCH3 is 2. The number of ether oxygens (including phenoxy) is 5. The summed E-state index contributed by atoms with van der Waals surface area (Å²) in [5.41, 5.74) is 5.52. The maximum atomic E-state index is 12.4. The van der Waals surface area contributed by atoms with E-state index < -0.39 is 24.3 Å². The lowest BCUT2D eigenvalue weighted by Gasteiger charge is -2.28. The Labute approximate surface area is 245 Å². The van der Waals surface area contributed by atoms with Crippen LogP contribution >= 0.6 is 0 Å². The van der Waals surface area contributed by atoms with Crippen LogP contribution in [0.5, 0.6) is 23.0 Å². The number of esters is 1. The summed E-state index contributed by atoms with van der Waals surface area (Å²) >= 11 is 0. The molecule has 0 saturated heterocycles. The van der Waals surface area contributed by atoms with Crippen LogP contribution in [0.3, 0.4) is 0 Å². The van der Waals surface area contributed by atoms with Gasteiger partial charge in [0.1, 0.15) is 6.61 Å². The van der Waals surface area contributed by atoms with Crippen molar-refractivity contribution in [1.82, 2.24) is 16.1 Å². The third-order valence-electron chi connectivity index (χ3n) is 6.13. The third kappa shape index (κ3) is 7.94. The number of urea groups is 1. The van der Waals surface area contributed by atoms with Crippen molar-refractivity contribution >= 4 is 18.2 Å². The van der Waals surface area contributed by atoms with Gasteiger partial charge in [-0.3, -0.25) is 5.43 Å². The molecule has 226 valence electrons. The van der Waals surface area contributed by atoms with Crippen LogP contribution in [0.25, 0.3) is 0 Å². The number of aliphatic hydroxyl groups excluding tert-OH is 1. The Morgan fingerprint density at radius 1 is 1.12 bits per heavy atom. The summed E-state index contributed by atoms with van der Waals surface area (Å²) in [5, 5.41) is 19.9. The molecule has 3 rings (SSSR count). The lowest BCUT2D eigenvalue weighted by Crippen LogP contribution is -2.45. The van der Waals surface area contributed by atoms with E-state index >= 15 is 0 Å². The van der Waals surface area contributed by atoms with E-state index in [1.54, 1.807) is 50.6 Å². The van der Waals surface area contributed by atoms with E-state index in [1.165, 1.54) is 7.11 Å². The zero-order valence-corrected chi connectivity index (χ0v) is 24.5. The van der Waals surface area contributed by atoms with Gasteiger partial charge < -0.3 is 39.4 Å². The molecule has 1 aliphatic heterocycles. The Bertz CT molecular complexity index is 1340. The van der Waals surface area contributed by atoms with Gasteiger partial charge in [-0.1, -0.05) is 12.1 Å². The molecular formula is C30H38N4O8. The van der Waals surface area contributed by atoms with Gasteiger partial charge in [0.05, 0.1) is 45.3 Å². The maximum absolute atomic E-state index is 12.4. The number of aliphatic hydroxyl groups is 1. The Hall–Kier alpha value is -4.71. The zero-order chi connectivity index (χ0) is 30.6. The van der Waals surface area contributed by atoms with Crippen molar-refractivity contribution in [1.29, 1.82) is 0 Å². The molecule has 1 aliphatic rings. The summed E-state index contributed by atoms with van der Waals surface area (Å²) in [7, 11) is 2.86. The summed E-state index contributed by atoms with van der Waals surface area (Å²) in [6.45, 7) is 9.78. The van der Waals surface area contributed by atoms with E-state index in [-0.39, 0.29) is 12.2 Å². The van der Waals surface area contributed by atoms with Gasteiger partial charge in [-0.15, -0.1) is 6.58 Å². The molecule has 0 saturated carbocycles. The van der Waals surface area contributed by atoms with E-state index in [2.05, 4.69) is 27.7 Å². The van der Waals surface area contributed by atoms with Crippen molar-refractivity contribution in [2.75, 3.05) is 34.0 Å². The predicted molar refractivity (Wildman–Crippen MR) is 157 cm³/mol. The smallest absolute Gasteiger partial charge is 0.337 e. The second-order valence-corrected chi connectivity index (χ2v) is 9.05. The van der Waals surface area contributed by atoms with Crippen molar-refractivity contribution in [3.8, 4) is 23.0 Å². The number of nitrogens with one attached hydrogen (secondary N) is 3. The van der Waals surface area contributed by atoms with Gasteiger partial charge in [0, 0.05) is 11.3 Å². The minimum Gasteiger partial charge on any atom is -0.493 e. The molecule has 0 spiro atoms. The van der Waals surface area contributed by atoms with Gasteiger partial charge in [-0.2, -0.15) is 5.10 Å². The molecule has 1 heterocycles. The zero-order valence-electron chi connectivity index (χ0n) is 24.5. The molecular weight excluding hydrogens is 544 g/mol. The van der Waals surface area contributed by atoms with Crippen LogP contribution in [0.2, 0.25) is 0 Å². The highest BCUT2D eigenvalue weighted by atomic mass is 16.5. The predicted octanol–water partition coefficient (Wildman–Crippen LogP) is 3.34. The highest BCUT2D eigenvalue weighted by molar-refractivity contribution is 5.95. The Balaban J connectivity index is 1.72. The molecule has 42 heavy (non-hydrogen) atoms. The first-order valence-corrected chi connectivity index (χ1v) is 13.4. The summed E-state index contributed by atoms with van der Waals surface area (Å²) in [6, 6.07) is 7.51. The van der Waals surface area contributed by atoms with Crippen LogP contribution in [0, 0.1) is 0 Å². The first-order valence-electron chi connectivity index (χ1n) is 13.4. The monoisotopic (exact) mass is 582 g/mol. The number of hydrogen-bond acceptors (Lipinski definition) is 10. The van der Waals surface area contributed by atoms with E-state index in [0.717, 1.165) is 11.1 Å². The standard InChI is InChI=1S/C30H38N4O8/c1-7-10-21-13-19(14-24(41-9-3)28(21)38-5)16-31-34-25(35)17-42-22-12-11-20(15-23(22)40-8-2)27-26(29(36)39-6)18(4)32-30(37)33-27/h7,11-16,25,27,34-35H,1,8-10,17H2,2-6H3,(H2,32,33,37)/b31-16-/t25-,27-/m0/s1. The molecule has 2 atom stereocenters. The molecule has 0 aromatic heterocycles. The van der Waals surface area contributed by atoms with Crippen LogP contribution < -0.4 is 35.0 Å². The van der Waals surface area contributed by atoms with Gasteiger partial charge in [-0.25, -0.2) is 9.59 Å². The first-order chi connectivity index (χ1) is 20.3. The van der Waals surface area contributed by atoms with Crippen molar-refractivity contribution in [2.24, 2.45) is 5.10 Å². The Morgan fingerprint density at radius 2 is 1.86 bits per heavy atom. The molecule has 0 bridgehead atoms. The number of allylic oxidation sites excluding steroid dienone is 2. The Kier molecular flexibility index (Phi) is 11.6. The van der Waals surface area contributed by atoms with E-state index in [0.29, 0.717) is 53.9 Å². The Morgan fingerprint density at radius 3 is 2.52 bits per heavy atom. The second kappa shape index (κ2) is 15.3. The number of amides is 2. The molecule has 4 N–H and O–H groups in total. The fourth-order valence-corrected chi connectivity index (χ4v) is 4.38. The summed E-state index contributed by atoms with van der Waals surface area (Å²) in [6.07, 6.45) is 2.77. The minimum absolute atomic E-state index is 0.151. The van der Waals surface area contributed by atoms with Crippen LogP contribution in [0.1, 0.15) is 43.5 Å². The number of rotatable bonds is 15. The molecule has 12 nitrogen and oxygen atoms in total. The summed E-state index contributed by atoms with van der Waals surface area (Å²) in [4.78, 5) is 24.6. The highest BCUT2D eigenvalue weighted by Crippen LogP contribution is 2.35. The van der Waals surface area contributed by atoms with Crippen LogP contribution in [-0.4, -0.2) is 63.6 Å². The summed E-state index contributed by atoms with van der Waals surface area (Å²) < 4.78 is 27.7. The highest BCUT2D eigenvalue weighted by Gasteiger charge is 2.32. The number of carbonyl (C=O) groups excluding carboxylic acids is 2. The maximum Gasteiger partial charge on any atom is 0.337 e. The third-order valence-corrected chi connectivity index (χ3v) is 6.13. The first kappa shape index (κ1) is 31.8. The van der Waals surface area contributed by atoms with E-state index in [4.69, 9.17) is 23.7 Å². The molecule has 0 unspecified atom stereocenters. The van der Waals surface area contributed by atoms with Gasteiger partial charge in [0.25, 0.3) is 0 Å². The van der Waals surface area contributed by atoms with Crippen molar-refractivity contribution in [2.45, 2.75) is 39.5 Å². The van der Waals surface area contributed by atoms with Crippen LogP contribution in [0.15, 0.2) is 59.4 Å². The fourth-order valence-electron chi connectivity index (χ4n) is 4.38. The van der Waals surface area contributed by atoms with Gasteiger partial charge in [0.15, 0.2) is 29.2 Å². The largest absolute Gasteiger partial charge is 0.493 e. The van der Waals surface area contributed by atoms with E-state index in [9.17, 15) is 14.7 Å². The van der Waals surface area contributed by atoms with Crippen molar-refractivity contribution in [3.63, 3.8) is 0 Å². The van der Waals surface area contributed by atoms with E-state index in [1.807, 2.05) is 19.9 Å². The second-order valence-electron chi connectivity index (χ2n) is 9.05. The van der Waals surface area contributed by atoms with Gasteiger partial charge in [0.2, 0.25) is 0 Å². The quantitative estimate of drug-likeness (QED) is 0.0816. The van der Waals surface area contributed by atoms with Crippen LogP contribution in [0.4, 0.5) is 4.79 Å². The normalized spacial score (nSPS) is 15.4. The molecule has 0 fully saturated rings. The molecule has 2 amide bonds. The lowest BCUT2D eigenvalue weighted by atomic mass is 9.95. The average molecular weight is 583 g/mol. The van der Waals surface area contributed by atoms with Crippen molar-refractivity contribution < 1.29 is 38.4 Å². The lowest BCUT2D eigenvalue weighted by molar-refractivity contribution is -0.136. The minimum atomic E-state index is -1.15. The SMILES string of the molecule is C=CCc1cc(/C=N\N[C@@H](O)COc2ccc([C@@H]3NC(=O)NC(C)=C3C(=O)OC)cc2OCC)cc(OCC)c1OC. The number of hydrazone groups is 1. The topological polar surface area (TPSA) is 149 Å². The number of benzene rings is 2. The number of hydrogen-bond donors (Lipinski definition) is 4. The number of carbonyl (C=O) groups is 2. The molecule has 12 heteroatoms. The number of nitrogens with zero attached hydrogens (tertiary/aromatic N) is 1. The molecule has 0 radical (unpaired) electrons. The molecule has 0 aliphatic carbocycles.